The molecule has 4 nitrogen and oxygen atoms in total. The van der Waals surface area contributed by atoms with E-state index in [1.54, 1.807) is 0 Å². The van der Waals surface area contributed by atoms with Gasteiger partial charge < -0.3 is 0 Å². The van der Waals surface area contributed by atoms with Gasteiger partial charge in [-0.25, -0.2) is 0 Å². The van der Waals surface area contributed by atoms with Gasteiger partial charge >= 0.3 is 36.4 Å². The van der Waals surface area contributed by atoms with Crippen LogP contribution in [0.2, 0.25) is 0 Å². The van der Waals surface area contributed by atoms with Gasteiger partial charge in [-0.05, 0) is 10.1 Å². The van der Waals surface area contributed by atoms with E-state index in [0.717, 1.165) is 0 Å². The predicted octanol–water partition coefficient (Wildman–Crippen LogP) is 4.38. The van der Waals surface area contributed by atoms with Gasteiger partial charge in [-0.1, -0.05) is 0 Å². The van der Waals surface area contributed by atoms with Crippen LogP contribution in [0.1, 0.15) is 0 Å². The SMILES string of the molecule is FC(F)(F)C(F)(F)C(F)(F)OOOOC(F)(F)C(F)(F)C(F)(F)F. The quantitative estimate of drug-likeness (QED) is 0.274. The highest BCUT2D eigenvalue weighted by molar-refractivity contribution is 4.84. The Balaban J connectivity index is 4.81. The average Bonchev–Trinajstić information content (AvgIpc) is 2.31. The van der Waals surface area contributed by atoms with E-state index in [0.29, 0.717) is 0 Å². The van der Waals surface area contributed by atoms with E-state index in [1.807, 2.05) is 9.78 Å². The average molecular weight is 402 g/mol. The van der Waals surface area contributed by atoms with Crippen molar-refractivity contribution in [1.29, 1.82) is 0 Å². The molecule has 0 fully saturated rings. The summed E-state index contributed by atoms with van der Waals surface area (Å²) in [6, 6.07) is 0. The fourth-order valence-corrected chi connectivity index (χ4v) is 0.548. The first-order valence-corrected chi connectivity index (χ1v) is 4.55. The smallest absolute Gasteiger partial charge is 0.186 e. The summed E-state index contributed by atoms with van der Waals surface area (Å²) in [6.45, 7) is 0. The van der Waals surface area contributed by atoms with Crippen molar-refractivity contribution in [2.45, 2.75) is 36.4 Å². The number of hydrogen-bond acceptors (Lipinski definition) is 4. The maximum absolute atomic E-state index is 12.3. The molecule has 18 heteroatoms. The lowest BCUT2D eigenvalue weighted by Gasteiger charge is -2.27. The van der Waals surface area contributed by atoms with Crippen molar-refractivity contribution in [3.05, 3.63) is 0 Å². The van der Waals surface area contributed by atoms with Gasteiger partial charge in [-0.3, -0.25) is 0 Å². The van der Waals surface area contributed by atoms with Crippen LogP contribution in [-0.4, -0.2) is 36.4 Å². The van der Waals surface area contributed by atoms with Gasteiger partial charge in [0.25, 0.3) is 0 Å². The van der Waals surface area contributed by atoms with E-state index in [2.05, 4.69) is 10.1 Å². The molecule has 0 unspecified atom stereocenters. The Bertz CT molecular complexity index is 384. The molecule has 0 radical (unpaired) electrons. The van der Waals surface area contributed by atoms with E-state index in [4.69, 9.17) is 0 Å². The van der Waals surface area contributed by atoms with Gasteiger partial charge in [0.2, 0.25) is 0 Å². The van der Waals surface area contributed by atoms with Crippen molar-refractivity contribution < 1.29 is 81.3 Å². The van der Waals surface area contributed by atoms with Gasteiger partial charge in [0.1, 0.15) is 0 Å². The Labute approximate surface area is 119 Å². The minimum atomic E-state index is -7.00. The minimum Gasteiger partial charge on any atom is -0.186 e. The summed E-state index contributed by atoms with van der Waals surface area (Å²) in [5, 5.41) is 4.18. The second kappa shape index (κ2) is 6.30. The predicted molar refractivity (Wildman–Crippen MR) is 36.2 cm³/mol. The first kappa shape index (κ1) is 22.9. The molecule has 0 spiro atoms. The van der Waals surface area contributed by atoms with Crippen molar-refractivity contribution in [3.8, 4) is 0 Å². The molecule has 0 aliphatic heterocycles. The Kier molecular flexibility index (Phi) is 6.00. The molecular formula is C6F14O4. The number of alkyl halides is 14. The molecule has 0 aromatic carbocycles. The molecule has 0 aromatic heterocycles. The van der Waals surface area contributed by atoms with Crippen LogP contribution in [-0.2, 0) is 19.9 Å². The summed E-state index contributed by atoms with van der Waals surface area (Å²) >= 11 is 0. The maximum Gasteiger partial charge on any atom is 0.462 e. The Morgan fingerprint density at radius 3 is 0.750 bits per heavy atom. The summed E-state index contributed by atoms with van der Waals surface area (Å²) in [5.74, 6) is -14.0. The standard InChI is InChI=1S/C6F14O4/c7-1(8,3(11,12)13)5(17,18)21-23-24-22-6(19,20)2(9,10)4(14,15)16. The zero-order valence-corrected chi connectivity index (χ0v) is 9.92. The molecule has 146 valence electrons. The van der Waals surface area contributed by atoms with E-state index in [9.17, 15) is 61.5 Å². The van der Waals surface area contributed by atoms with Crippen LogP contribution in [0.25, 0.3) is 0 Å². The summed E-state index contributed by atoms with van der Waals surface area (Å²) in [4.78, 5) is 3.81. The van der Waals surface area contributed by atoms with Crippen LogP contribution < -0.4 is 0 Å². The molecule has 0 heterocycles. The topological polar surface area (TPSA) is 36.9 Å². The third-order valence-electron chi connectivity index (χ3n) is 1.75. The van der Waals surface area contributed by atoms with Gasteiger partial charge in [0, 0.05) is 0 Å². The van der Waals surface area contributed by atoms with Crippen LogP contribution in [0.15, 0.2) is 0 Å². The van der Waals surface area contributed by atoms with Crippen LogP contribution in [0.3, 0.4) is 0 Å². The third-order valence-corrected chi connectivity index (χ3v) is 1.75. The number of rotatable bonds is 7. The number of hydrogen-bond donors (Lipinski definition) is 0. The van der Waals surface area contributed by atoms with E-state index in [-0.39, 0.29) is 0 Å². The third kappa shape index (κ3) is 4.28. The van der Waals surface area contributed by atoms with Gasteiger partial charge in [-0.2, -0.15) is 61.5 Å². The van der Waals surface area contributed by atoms with Crippen molar-refractivity contribution >= 4 is 0 Å². The molecule has 0 aromatic rings. The highest BCUT2D eigenvalue weighted by atomic mass is 19.4. The first-order chi connectivity index (χ1) is 10.2. The van der Waals surface area contributed by atoms with Gasteiger partial charge in [0.05, 0.1) is 0 Å². The highest BCUT2D eigenvalue weighted by Crippen LogP contribution is 2.48. The molecule has 0 saturated heterocycles. The zero-order valence-electron chi connectivity index (χ0n) is 9.92. The van der Waals surface area contributed by atoms with E-state index >= 15 is 0 Å². The van der Waals surface area contributed by atoms with Crippen LogP contribution in [0.5, 0.6) is 0 Å². The normalized spacial score (nSPS) is 15.8. The number of halogens is 14. The summed E-state index contributed by atoms with van der Waals surface area (Å²) < 4.78 is 167. The molecule has 0 rings (SSSR count). The molecule has 0 aliphatic rings. The summed E-state index contributed by atoms with van der Waals surface area (Å²) in [6.07, 6.45) is -27.3. The van der Waals surface area contributed by atoms with Crippen molar-refractivity contribution in [1.82, 2.24) is 0 Å². The largest absolute Gasteiger partial charge is 0.462 e. The Morgan fingerprint density at radius 1 is 0.375 bits per heavy atom. The fourth-order valence-electron chi connectivity index (χ4n) is 0.548. The van der Waals surface area contributed by atoms with Gasteiger partial charge in [-0.15, -0.1) is 9.78 Å². The van der Waals surface area contributed by atoms with Crippen LogP contribution in [0.4, 0.5) is 61.5 Å². The zero-order chi connectivity index (χ0) is 19.8. The second-order valence-electron chi connectivity index (χ2n) is 3.48. The molecule has 0 bridgehead atoms. The Hall–Kier alpha value is -1.14. The lowest BCUT2D eigenvalue weighted by molar-refractivity contribution is -0.717. The Morgan fingerprint density at radius 2 is 0.583 bits per heavy atom. The monoisotopic (exact) mass is 402 g/mol. The minimum absolute atomic E-state index is 1.90. The lowest BCUT2D eigenvalue weighted by Crippen LogP contribution is -2.54. The second-order valence-corrected chi connectivity index (χ2v) is 3.48. The van der Waals surface area contributed by atoms with E-state index in [1.165, 1.54) is 0 Å². The molecule has 24 heavy (non-hydrogen) atoms. The molecule has 0 amide bonds. The molecule has 0 aliphatic carbocycles. The van der Waals surface area contributed by atoms with Crippen LogP contribution in [0, 0.1) is 0 Å². The van der Waals surface area contributed by atoms with Gasteiger partial charge in [0.15, 0.2) is 0 Å². The summed E-state index contributed by atoms with van der Waals surface area (Å²) in [5.41, 5.74) is 0. The van der Waals surface area contributed by atoms with Crippen LogP contribution >= 0.6 is 0 Å². The first-order valence-electron chi connectivity index (χ1n) is 4.55. The molecule has 0 N–H and O–H groups in total. The molecule has 0 saturated carbocycles. The van der Waals surface area contributed by atoms with E-state index < -0.39 is 36.4 Å². The van der Waals surface area contributed by atoms with Crippen molar-refractivity contribution in [2.24, 2.45) is 0 Å². The summed E-state index contributed by atoms with van der Waals surface area (Å²) in [7, 11) is 0. The van der Waals surface area contributed by atoms with Crippen molar-refractivity contribution in [2.75, 3.05) is 0 Å². The fraction of sp³-hybridized carbons (Fsp3) is 1.00. The molecular weight excluding hydrogens is 402 g/mol. The molecule has 0 atom stereocenters. The highest BCUT2D eigenvalue weighted by Gasteiger charge is 2.77. The lowest BCUT2D eigenvalue weighted by atomic mass is 10.3. The maximum atomic E-state index is 12.3. The van der Waals surface area contributed by atoms with Crippen molar-refractivity contribution in [3.63, 3.8) is 0 Å².